The van der Waals surface area contributed by atoms with Crippen LogP contribution in [-0.4, -0.2) is 58.0 Å². The maximum Gasteiger partial charge on any atom is 0.315 e. The van der Waals surface area contributed by atoms with Crippen molar-refractivity contribution in [3.8, 4) is 16.9 Å². The lowest BCUT2D eigenvalue weighted by atomic mass is 9.53. The Morgan fingerprint density at radius 3 is 2.18 bits per heavy atom. The molecule has 290 valence electrons. The Kier molecular flexibility index (Phi) is 11.0. The number of nitrogens with one attached hydrogen (secondary N) is 2. The van der Waals surface area contributed by atoms with Crippen LogP contribution >= 0.6 is 0 Å². The van der Waals surface area contributed by atoms with Crippen molar-refractivity contribution in [1.29, 1.82) is 0 Å². The van der Waals surface area contributed by atoms with Gasteiger partial charge < -0.3 is 40.3 Å². The summed E-state index contributed by atoms with van der Waals surface area (Å²) in [4.78, 5) is 15.2. The molecule has 5 aliphatic rings. The molecule has 5 atom stereocenters. The van der Waals surface area contributed by atoms with Gasteiger partial charge in [-0.2, -0.15) is 0 Å². The highest BCUT2D eigenvalue weighted by atomic mass is 16.7. The number of carbonyl (C=O) groups is 1. The number of hydrogen-bond acceptors (Lipinski definition) is 7. The average molecular weight is 746 g/mol. The number of amides is 2. The molecule has 4 aromatic carbocycles. The Labute approximate surface area is 324 Å². The van der Waals surface area contributed by atoms with E-state index < -0.39 is 12.4 Å². The fourth-order valence-electron chi connectivity index (χ4n) is 10.3. The molecule has 4 aliphatic carbocycles. The van der Waals surface area contributed by atoms with Crippen molar-refractivity contribution in [2.45, 2.75) is 88.7 Å². The Bertz CT molecular complexity index is 1900. The Morgan fingerprint density at radius 1 is 0.836 bits per heavy atom. The molecule has 1 aliphatic heterocycles. The van der Waals surface area contributed by atoms with Crippen LogP contribution in [0.4, 0.5) is 4.79 Å². The predicted molar refractivity (Wildman–Crippen MR) is 212 cm³/mol. The number of nitrogens with zero attached hydrogens (tertiary/aromatic N) is 1. The number of carbonyl (C=O) groups excluding carboxylic acids is 1. The van der Waals surface area contributed by atoms with Gasteiger partial charge in [-0.3, -0.25) is 0 Å². The largest absolute Gasteiger partial charge is 0.508 e. The van der Waals surface area contributed by atoms with E-state index in [1.807, 2.05) is 43.4 Å². The van der Waals surface area contributed by atoms with Crippen molar-refractivity contribution in [3.63, 3.8) is 0 Å². The summed E-state index contributed by atoms with van der Waals surface area (Å²) < 4.78 is 13.4. The Morgan fingerprint density at radius 2 is 1.51 bits per heavy atom. The van der Waals surface area contributed by atoms with E-state index in [0.29, 0.717) is 25.2 Å². The van der Waals surface area contributed by atoms with Crippen LogP contribution in [0, 0.1) is 23.7 Å². The molecule has 0 spiro atoms. The van der Waals surface area contributed by atoms with E-state index in [1.165, 1.54) is 19.3 Å². The van der Waals surface area contributed by atoms with Crippen molar-refractivity contribution in [2.75, 3.05) is 20.1 Å². The molecule has 1 heterocycles. The highest BCUT2D eigenvalue weighted by Gasteiger charge is 2.51. The summed E-state index contributed by atoms with van der Waals surface area (Å²) in [7, 11) is 1.96. The average Bonchev–Trinajstić information content (AvgIpc) is 3.17. The fourth-order valence-corrected chi connectivity index (χ4v) is 10.3. The van der Waals surface area contributed by atoms with Gasteiger partial charge in [-0.25, -0.2) is 4.79 Å². The number of rotatable bonds is 12. The molecule has 9 nitrogen and oxygen atoms in total. The number of benzene rings is 4. The van der Waals surface area contributed by atoms with Gasteiger partial charge in [-0.15, -0.1) is 0 Å². The summed E-state index contributed by atoms with van der Waals surface area (Å²) in [6.07, 6.45) is 5.59. The lowest BCUT2D eigenvalue weighted by molar-refractivity contribution is -0.276. The second kappa shape index (κ2) is 16.1. The van der Waals surface area contributed by atoms with Crippen LogP contribution < -0.4 is 10.6 Å². The van der Waals surface area contributed by atoms with Gasteiger partial charge in [-0.1, -0.05) is 85.8 Å². The Hall–Kier alpha value is -4.25. The molecule has 9 rings (SSSR count). The summed E-state index contributed by atoms with van der Waals surface area (Å²) in [6, 6.07) is 31.2. The second-order valence-corrected chi connectivity index (χ2v) is 17.0. The number of ether oxygens (including phenoxy) is 2. The molecule has 5 fully saturated rings. The van der Waals surface area contributed by atoms with Gasteiger partial charge in [0.25, 0.3) is 0 Å². The zero-order chi connectivity index (χ0) is 38.1. The number of likely N-dealkylation sites (N-methyl/N-ethyl adjacent to an activating group) is 1. The smallest absolute Gasteiger partial charge is 0.315 e. The molecule has 0 unspecified atom stereocenters. The van der Waals surface area contributed by atoms with Gasteiger partial charge in [0.05, 0.1) is 24.9 Å². The second-order valence-electron chi connectivity index (χ2n) is 17.0. The number of aliphatic hydroxyl groups excluding tert-OH is 2. The van der Waals surface area contributed by atoms with E-state index in [9.17, 15) is 20.1 Å². The monoisotopic (exact) mass is 745 g/mol. The minimum Gasteiger partial charge on any atom is -0.508 e. The summed E-state index contributed by atoms with van der Waals surface area (Å²) in [5.74, 6) is 2.46. The minimum atomic E-state index is -0.768. The van der Waals surface area contributed by atoms with Gasteiger partial charge >= 0.3 is 6.03 Å². The molecule has 0 radical (unpaired) electrons. The molecule has 2 amide bonds. The van der Waals surface area contributed by atoms with Crippen LogP contribution in [0.25, 0.3) is 11.1 Å². The molecule has 1 saturated heterocycles. The standard InChI is InChI=1S/C46H55N3O6/c1-29-42(27-49(2)26-41(52)39-7-4-8-40(51)21-39)54-44(55-43(29)36-11-9-30(28-50)10-12-36)37-15-13-35(14-16-37)38-6-3-5-31(20-38)25-47-45(53)48-46-22-32-17-33(23-46)19-34(18-32)24-46/h3-16,20-21,29,32-34,41-44,50-52H,17-19,22-28H2,1-2H3,(H2,47,48,53)/t29-,32?,33?,34?,41+,42+,43+,44+,46?/m0/s1. The molecule has 0 aromatic heterocycles. The first-order valence-electron chi connectivity index (χ1n) is 20.0. The van der Waals surface area contributed by atoms with E-state index >= 15 is 0 Å². The highest BCUT2D eigenvalue weighted by molar-refractivity contribution is 5.75. The third-order valence-electron chi connectivity index (χ3n) is 12.7. The zero-order valence-corrected chi connectivity index (χ0v) is 31.9. The van der Waals surface area contributed by atoms with Crippen molar-refractivity contribution < 1.29 is 29.6 Å². The normalized spacial score (nSPS) is 28.9. The third kappa shape index (κ3) is 8.61. The van der Waals surface area contributed by atoms with Crippen LogP contribution in [0.1, 0.15) is 91.8 Å². The lowest BCUT2D eigenvalue weighted by Gasteiger charge is -2.56. The summed E-state index contributed by atoms with van der Waals surface area (Å²) in [5.41, 5.74) is 6.58. The molecule has 55 heavy (non-hydrogen) atoms. The Balaban J connectivity index is 0.933. The molecule has 4 bridgehead atoms. The van der Waals surface area contributed by atoms with Crippen LogP contribution in [0.5, 0.6) is 5.75 Å². The van der Waals surface area contributed by atoms with E-state index in [0.717, 1.165) is 70.4 Å². The highest BCUT2D eigenvalue weighted by Crippen LogP contribution is 2.55. The van der Waals surface area contributed by atoms with Gasteiger partial charge in [0.2, 0.25) is 0 Å². The lowest BCUT2D eigenvalue weighted by Crippen LogP contribution is -2.61. The zero-order valence-electron chi connectivity index (χ0n) is 31.9. The summed E-state index contributed by atoms with van der Waals surface area (Å²) in [5, 5.41) is 37.1. The van der Waals surface area contributed by atoms with E-state index in [1.54, 1.807) is 18.2 Å². The van der Waals surface area contributed by atoms with E-state index in [2.05, 4.69) is 64.9 Å². The number of aliphatic hydroxyl groups is 2. The van der Waals surface area contributed by atoms with Crippen molar-refractivity contribution in [2.24, 2.45) is 23.7 Å². The fraction of sp³-hybridized carbons (Fsp3) is 0.457. The van der Waals surface area contributed by atoms with Crippen LogP contribution in [-0.2, 0) is 22.6 Å². The summed E-state index contributed by atoms with van der Waals surface area (Å²) >= 11 is 0. The first-order chi connectivity index (χ1) is 26.6. The molecule has 4 aromatic rings. The number of phenolic OH excluding ortho intramolecular Hbond substituents is 1. The predicted octanol–water partition coefficient (Wildman–Crippen LogP) is 7.78. The molecular weight excluding hydrogens is 691 g/mol. The topological polar surface area (TPSA) is 124 Å². The first-order valence-corrected chi connectivity index (χ1v) is 20.0. The van der Waals surface area contributed by atoms with Crippen molar-refractivity contribution >= 4 is 6.03 Å². The SMILES string of the molecule is C[C@H]1[C@@H](CN(C)C[C@@H](O)c2cccc(O)c2)O[C@@H](c2ccc(-c3cccc(CNC(=O)NC45CC6CC(CC(C6)C4)C5)c3)cc2)O[C@H]1c1ccc(CO)cc1. The van der Waals surface area contributed by atoms with Gasteiger partial charge in [-0.05, 0) is 115 Å². The van der Waals surface area contributed by atoms with Gasteiger partial charge in [0.1, 0.15) is 5.75 Å². The minimum absolute atomic E-state index is 0.0107. The first kappa shape index (κ1) is 37.7. The quantitative estimate of drug-likeness (QED) is 0.100. The number of phenols is 1. The molecule has 4 saturated carbocycles. The van der Waals surface area contributed by atoms with Crippen LogP contribution in [0.2, 0.25) is 0 Å². The van der Waals surface area contributed by atoms with Crippen LogP contribution in [0.15, 0.2) is 97.1 Å². The number of hydrogen-bond donors (Lipinski definition) is 5. The van der Waals surface area contributed by atoms with E-state index in [4.69, 9.17) is 9.47 Å². The summed E-state index contributed by atoms with van der Waals surface area (Å²) in [6.45, 7) is 3.50. The van der Waals surface area contributed by atoms with Crippen molar-refractivity contribution in [1.82, 2.24) is 15.5 Å². The molecule has 5 N–H and O–H groups in total. The maximum absolute atomic E-state index is 13.1. The van der Waals surface area contributed by atoms with Crippen molar-refractivity contribution in [3.05, 3.63) is 125 Å². The number of urea groups is 1. The van der Waals surface area contributed by atoms with E-state index in [-0.39, 0.29) is 42.1 Å². The number of aromatic hydroxyl groups is 1. The van der Waals surface area contributed by atoms with Gasteiger partial charge in [0, 0.05) is 36.7 Å². The van der Waals surface area contributed by atoms with Crippen LogP contribution in [0.3, 0.4) is 0 Å². The third-order valence-corrected chi connectivity index (χ3v) is 12.7. The maximum atomic E-state index is 13.1. The van der Waals surface area contributed by atoms with Gasteiger partial charge in [0.15, 0.2) is 6.29 Å². The molecule has 9 heteroatoms. The molecular formula is C46H55N3O6.